The molecular formula is C32H41NO. The van der Waals surface area contributed by atoms with Crippen LogP contribution in [0.4, 0.5) is 0 Å². The summed E-state index contributed by atoms with van der Waals surface area (Å²) in [7, 11) is 0. The molecule has 0 aromatic heterocycles. The average molecular weight is 456 g/mol. The summed E-state index contributed by atoms with van der Waals surface area (Å²) in [4.78, 5) is 0. The Kier molecular flexibility index (Phi) is 7.19. The van der Waals surface area contributed by atoms with E-state index in [4.69, 9.17) is 4.74 Å². The van der Waals surface area contributed by atoms with Crippen molar-refractivity contribution in [1.29, 1.82) is 0 Å². The molecule has 1 aliphatic rings. The highest BCUT2D eigenvalue weighted by Gasteiger charge is 2.37. The summed E-state index contributed by atoms with van der Waals surface area (Å²) in [5.41, 5.74) is 8.27. The zero-order chi connectivity index (χ0) is 24.3. The predicted molar refractivity (Wildman–Crippen MR) is 146 cm³/mol. The van der Waals surface area contributed by atoms with Gasteiger partial charge in [-0.25, -0.2) is 0 Å². The van der Waals surface area contributed by atoms with Gasteiger partial charge in [-0.15, -0.1) is 0 Å². The van der Waals surface area contributed by atoms with Gasteiger partial charge in [0.1, 0.15) is 5.75 Å². The lowest BCUT2D eigenvalue weighted by Crippen LogP contribution is -2.33. The second-order valence-electron chi connectivity index (χ2n) is 11.4. The van der Waals surface area contributed by atoms with Gasteiger partial charge in [0.25, 0.3) is 0 Å². The van der Waals surface area contributed by atoms with Crippen LogP contribution in [0.1, 0.15) is 71.9 Å². The fourth-order valence-corrected chi connectivity index (χ4v) is 5.09. The smallest absolute Gasteiger partial charge is 0.127 e. The van der Waals surface area contributed by atoms with Crippen LogP contribution in [0.3, 0.4) is 0 Å². The number of hydrogen-bond acceptors (Lipinski definition) is 2. The molecule has 0 aliphatic heterocycles. The Hall–Kier alpha value is -2.58. The van der Waals surface area contributed by atoms with Gasteiger partial charge < -0.3 is 10.1 Å². The second-order valence-corrected chi connectivity index (χ2v) is 11.4. The van der Waals surface area contributed by atoms with Crippen LogP contribution < -0.4 is 10.1 Å². The minimum absolute atomic E-state index is 0.182. The van der Waals surface area contributed by atoms with Crippen molar-refractivity contribution < 1.29 is 4.74 Å². The minimum Gasteiger partial charge on any atom is -0.493 e. The third kappa shape index (κ3) is 5.39. The van der Waals surface area contributed by atoms with Gasteiger partial charge in [0.2, 0.25) is 0 Å². The molecule has 0 spiro atoms. The standard InChI is InChI=1S/C32H41NO/c1-23(2)33-19-10-20-34-30-16-14-25(24-11-8-7-9-12-24)21-27(30)26-13-15-28-29(22-26)32(5,6)18-17-31(28,3)4/h7-9,11-16,21-23,33H,10,17-20H2,1-6H3. The van der Waals surface area contributed by atoms with Crippen molar-refractivity contribution in [3.63, 3.8) is 0 Å². The summed E-state index contributed by atoms with van der Waals surface area (Å²) in [6.07, 6.45) is 3.44. The zero-order valence-electron chi connectivity index (χ0n) is 21.9. The van der Waals surface area contributed by atoms with Crippen LogP contribution in [-0.2, 0) is 10.8 Å². The van der Waals surface area contributed by atoms with Crippen LogP contribution in [0.5, 0.6) is 5.75 Å². The van der Waals surface area contributed by atoms with E-state index in [-0.39, 0.29) is 10.8 Å². The fraction of sp³-hybridized carbons (Fsp3) is 0.438. The summed E-state index contributed by atoms with van der Waals surface area (Å²) in [6.45, 7) is 15.6. The molecule has 0 saturated heterocycles. The van der Waals surface area contributed by atoms with Gasteiger partial charge in [-0.05, 0) is 76.6 Å². The molecule has 1 aliphatic carbocycles. The Labute approximate surface area is 206 Å². The molecule has 4 rings (SSSR count). The minimum atomic E-state index is 0.182. The van der Waals surface area contributed by atoms with Crippen LogP contribution in [0.25, 0.3) is 22.3 Å². The van der Waals surface area contributed by atoms with Gasteiger partial charge in [0, 0.05) is 11.6 Å². The summed E-state index contributed by atoms with van der Waals surface area (Å²) in [5.74, 6) is 0.969. The molecule has 2 nitrogen and oxygen atoms in total. The van der Waals surface area contributed by atoms with Crippen molar-refractivity contribution in [2.75, 3.05) is 13.2 Å². The summed E-state index contributed by atoms with van der Waals surface area (Å²) in [6, 6.07) is 24.9. The second kappa shape index (κ2) is 9.96. The predicted octanol–water partition coefficient (Wildman–Crippen LogP) is 8.14. The van der Waals surface area contributed by atoms with E-state index in [2.05, 4.69) is 114 Å². The molecule has 3 aromatic carbocycles. The van der Waals surface area contributed by atoms with Gasteiger partial charge in [-0.2, -0.15) is 0 Å². The van der Waals surface area contributed by atoms with Crippen molar-refractivity contribution in [1.82, 2.24) is 5.32 Å². The van der Waals surface area contributed by atoms with Crippen LogP contribution in [-0.4, -0.2) is 19.2 Å². The third-order valence-electron chi connectivity index (χ3n) is 7.38. The first-order chi connectivity index (χ1) is 16.2. The Balaban J connectivity index is 1.72. The van der Waals surface area contributed by atoms with E-state index in [9.17, 15) is 0 Å². The third-order valence-corrected chi connectivity index (χ3v) is 7.38. The van der Waals surface area contributed by atoms with Crippen LogP contribution in [0.15, 0.2) is 66.7 Å². The lowest BCUT2D eigenvalue weighted by Gasteiger charge is -2.42. The summed E-state index contributed by atoms with van der Waals surface area (Å²) >= 11 is 0. The van der Waals surface area contributed by atoms with E-state index in [0.29, 0.717) is 12.6 Å². The molecule has 34 heavy (non-hydrogen) atoms. The summed E-state index contributed by atoms with van der Waals surface area (Å²) < 4.78 is 6.36. The van der Waals surface area contributed by atoms with E-state index in [1.807, 2.05) is 0 Å². The molecule has 180 valence electrons. The summed E-state index contributed by atoms with van der Waals surface area (Å²) in [5, 5.41) is 3.48. The van der Waals surface area contributed by atoms with Gasteiger partial charge >= 0.3 is 0 Å². The van der Waals surface area contributed by atoms with E-state index < -0.39 is 0 Å². The van der Waals surface area contributed by atoms with Gasteiger partial charge in [-0.3, -0.25) is 0 Å². The lowest BCUT2D eigenvalue weighted by molar-refractivity contribution is 0.307. The molecule has 1 N–H and O–H groups in total. The van der Waals surface area contributed by atoms with Crippen molar-refractivity contribution >= 4 is 0 Å². The number of ether oxygens (including phenoxy) is 1. The molecular weight excluding hydrogens is 414 g/mol. The Morgan fingerprint density at radius 3 is 2.15 bits per heavy atom. The largest absolute Gasteiger partial charge is 0.493 e. The van der Waals surface area contributed by atoms with E-state index in [1.165, 1.54) is 46.2 Å². The lowest BCUT2D eigenvalue weighted by atomic mass is 9.63. The molecule has 2 heteroatoms. The van der Waals surface area contributed by atoms with E-state index in [1.54, 1.807) is 0 Å². The first kappa shape index (κ1) is 24.5. The monoisotopic (exact) mass is 455 g/mol. The van der Waals surface area contributed by atoms with Gasteiger partial charge in [0.15, 0.2) is 0 Å². The first-order valence-corrected chi connectivity index (χ1v) is 12.9. The van der Waals surface area contributed by atoms with Gasteiger partial charge in [0.05, 0.1) is 6.61 Å². The van der Waals surface area contributed by atoms with Crippen LogP contribution >= 0.6 is 0 Å². The number of hydrogen-bond donors (Lipinski definition) is 1. The Morgan fingerprint density at radius 2 is 1.44 bits per heavy atom. The molecule has 0 bridgehead atoms. The maximum Gasteiger partial charge on any atom is 0.127 e. The number of benzene rings is 3. The molecule has 0 amide bonds. The maximum absolute atomic E-state index is 6.36. The molecule has 0 heterocycles. The van der Waals surface area contributed by atoms with Crippen molar-refractivity contribution in [2.24, 2.45) is 0 Å². The molecule has 0 atom stereocenters. The first-order valence-electron chi connectivity index (χ1n) is 12.9. The highest BCUT2D eigenvalue weighted by molar-refractivity contribution is 5.78. The van der Waals surface area contributed by atoms with Crippen LogP contribution in [0, 0.1) is 0 Å². The van der Waals surface area contributed by atoms with E-state index in [0.717, 1.165) is 18.7 Å². The molecule has 0 radical (unpaired) electrons. The number of nitrogens with one attached hydrogen (secondary N) is 1. The number of fused-ring (bicyclic) bond motifs is 1. The molecule has 0 unspecified atom stereocenters. The Morgan fingerprint density at radius 1 is 0.765 bits per heavy atom. The van der Waals surface area contributed by atoms with Crippen LogP contribution in [0.2, 0.25) is 0 Å². The molecule has 3 aromatic rings. The zero-order valence-corrected chi connectivity index (χ0v) is 21.9. The van der Waals surface area contributed by atoms with E-state index >= 15 is 0 Å². The highest BCUT2D eigenvalue weighted by atomic mass is 16.5. The normalized spacial score (nSPS) is 16.3. The SMILES string of the molecule is CC(C)NCCCOc1ccc(-c2ccccc2)cc1-c1ccc2c(c1)C(C)(C)CCC2(C)C. The maximum atomic E-state index is 6.36. The van der Waals surface area contributed by atoms with Crippen molar-refractivity contribution in [3.8, 4) is 28.0 Å². The topological polar surface area (TPSA) is 21.3 Å². The molecule has 0 saturated carbocycles. The molecule has 0 fully saturated rings. The fourth-order valence-electron chi connectivity index (χ4n) is 5.09. The van der Waals surface area contributed by atoms with Crippen molar-refractivity contribution in [3.05, 3.63) is 77.9 Å². The van der Waals surface area contributed by atoms with Crippen molar-refractivity contribution in [2.45, 2.75) is 77.7 Å². The average Bonchev–Trinajstić information content (AvgIpc) is 2.82. The Bertz CT molecular complexity index is 1110. The quantitative estimate of drug-likeness (QED) is 0.346. The highest BCUT2D eigenvalue weighted by Crippen LogP contribution is 2.47. The van der Waals surface area contributed by atoms with Gasteiger partial charge in [-0.1, -0.05) is 96.1 Å². The number of rotatable bonds is 8.